The molecule has 0 bridgehead atoms. The van der Waals surface area contributed by atoms with Crippen LogP contribution in [0.3, 0.4) is 0 Å². The summed E-state index contributed by atoms with van der Waals surface area (Å²) in [6, 6.07) is 0. The van der Waals surface area contributed by atoms with Crippen LogP contribution >= 0.6 is 0 Å². The molecule has 0 aromatic heterocycles. The van der Waals surface area contributed by atoms with E-state index in [1.165, 1.54) is 167 Å². The normalized spacial score (nSPS) is 13.3. The van der Waals surface area contributed by atoms with Crippen LogP contribution < -0.4 is 0 Å². The molecule has 4 nitrogen and oxygen atoms in total. The number of rotatable bonds is 40. The molecule has 0 rings (SSSR count). The van der Waals surface area contributed by atoms with Crippen molar-refractivity contribution in [2.24, 2.45) is 5.92 Å². The van der Waals surface area contributed by atoms with Gasteiger partial charge in [0.25, 0.3) is 0 Å². The molecule has 50 heavy (non-hydrogen) atoms. The highest BCUT2D eigenvalue weighted by Crippen LogP contribution is 2.34. The minimum absolute atomic E-state index is 0.0401. The topological polar surface area (TPSA) is 38.7 Å². The molecule has 1 atom stereocenters. The third kappa shape index (κ3) is 32.0. The number of hydrogen-bond donors (Lipinski definition) is 1. The maximum Gasteiger partial charge on any atom is 0.176 e. The zero-order chi connectivity index (χ0) is 36.9. The van der Waals surface area contributed by atoms with E-state index in [1.54, 1.807) is 0 Å². The maximum atomic E-state index is 10.7. The molecule has 0 aliphatic rings. The smallest absolute Gasteiger partial charge is 0.176 e. The first-order valence-electron chi connectivity index (χ1n) is 22.5. The fraction of sp³-hybridized carbons (Fsp3) is 0.913. The largest absolute Gasteiger partial charge is 0.349 e. The Bertz CT molecular complexity index is 683. The van der Waals surface area contributed by atoms with Crippen LogP contribution in [0.4, 0.5) is 0 Å². The van der Waals surface area contributed by atoms with Gasteiger partial charge in [-0.2, -0.15) is 4.65 Å². The Morgan fingerprint density at radius 2 is 0.780 bits per heavy atom. The van der Waals surface area contributed by atoms with Crippen LogP contribution in [0.5, 0.6) is 0 Å². The molecule has 0 aliphatic heterocycles. The van der Waals surface area contributed by atoms with Gasteiger partial charge in [-0.05, 0) is 77.0 Å². The summed E-state index contributed by atoms with van der Waals surface area (Å²) in [7, 11) is 3.75. The third-order valence-corrected chi connectivity index (χ3v) is 10.4. The van der Waals surface area contributed by atoms with Crippen LogP contribution in [-0.2, 0) is 9.47 Å². The quantitative estimate of drug-likeness (QED) is 0.0227. The van der Waals surface area contributed by atoms with Crippen molar-refractivity contribution in [1.82, 2.24) is 0 Å². The van der Waals surface area contributed by atoms with Gasteiger partial charge in [-0.1, -0.05) is 174 Å². The van der Waals surface area contributed by atoms with Crippen LogP contribution in [0, 0.1) is 5.92 Å². The SMILES string of the molecule is CCCCCCCC/C=C\CCCCCCCCOC(CC)(OCCCCCCCC/C=C\CCCCCCCC)C(CCC)C[N+](C)(C)O. The zero-order valence-electron chi connectivity index (χ0n) is 35.1. The van der Waals surface area contributed by atoms with Crippen molar-refractivity contribution in [1.29, 1.82) is 0 Å². The Morgan fingerprint density at radius 1 is 0.460 bits per heavy atom. The van der Waals surface area contributed by atoms with E-state index in [2.05, 4.69) is 52.0 Å². The van der Waals surface area contributed by atoms with Crippen molar-refractivity contribution in [2.75, 3.05) is 33.9 Å². The molecule has 0 aliphatic carbocycles. The van der Waals surface area contributed by atoms with E-state index in [0.717, 1.165) is 45.3 Å². The van der Waals surface area contributed by atoms with E-state index in [4.69, 9.17) is 9.47 Å². The van der Waals surface area contributed by atoms with Crippen molar-refractivity contribution in [3.63, 3.8) is 0 Å². The third-order valence-electron chi connectivity index (χ3n) is 10.4. The van der Waals surface area contributed by atoms with Gasteiger partial charge >= 0.3 is 0 Å². The lowest BCUT2D eigenvalue weighted by atomic mass is 9.90. The van der Waals surface area contributed by atoms with E-state index >= 15 is 0 Å². The first-order valence-corrected chi connectivity index (χ1v) is 22.5. The molecule has 298 valence electrons. The van der Waals surface area contributed by atoms with Crippen molar-refractivity contribution in [3.05, 3.63) is 24.3 Å². The standard InChI is InChI=1S/C46H92NO3/c1-7-11-13-15-17-19-21-23-25-27-29-31-33-35-37-39-42-49-46(10-4,45(41-9-3)44-47(5,6)48)50-43-40-38-36-34-32-30-28-26-24-22-20-18-16-14-12-8-2/h23-26,45,48H,7-22,27-44H2,1-6H3/q+1/b25-23-,26-24-. The fourth-order valence-electron chi connectivity index (χ4n) is 7.30. The van der Waals surface area contributed by atoms with Gasteiger partial charge < -0.3 is 9.47 Å². The Kier molecular flexibility index (Phi) is 36.2. The van der Waals surface area contributed by atoms with E-state index in [-0.39, 0.29) is 10.6 Å². The number of unbranched alkanes of at least 4 members (excludes halogenated alkanes) is 24. The van der Waals surface area contributed by atoms with E-state index in [1.807, 2.05) is 14.1 Å². The molecule has 0 spiro atoms. The second kappa shape index (κ2) is 36.7. The van der Waals surface area contributed by atoms with Crippen LogP contribution in [0.25, 0.3) is 0 Å². The zero-order valence-corrected chi connectivity index (χ0v) is 35.1. The average Bonchev–Trinajstić information content (AvgIpc) is 3.09. The second-order valence-corrected chi connectivity index (χ2v) is 16.0. The van der Waals surface area contributed by atoms with E-state index in [0.29, 0.717) is 6.54 Å². The summed E-state index contributed by atoms with van der Waals surface area (Å²) in [4.78, 5) is 0. The van der Waals surface area contributed by atoms with Crippen molar-refractivity contribution >= 4 is 0 Å². The van der Waals surface area contributed by atoms with Gasteiger partial charge in [0, 0.05) is 0 Å². The maximum absolute atomic E-state index is 10.7. The molecule has 0 heterocycles. The Morgan fingerprint density at radius 3 is 1.08 bits per heavy atom. The van der Waals surface area contributed by atoms with Gasteiger partial charge in [-0.3, -0.25) is 0 Å². The molecule has 1 unspecified atom stereocenters. The summed E-state index contributed by atoms with van der Waals surface area (Å²) in [6.07, 6.45) is 49.4. The van der Waals surface area contributed by atoms with Gasteiger partial charge in [0.2, 0.25) is 0 Å². The van der Waals surface area contributed by atoms with Crippen molar-refractivity contribution < 1.29 is 19.3 Å². The summed E-state index contributed by atoms with van der Waals surface area (Å²) in [6.45, 7) is 11.2. The van der Waals surface area contributed by atoms with E-state index < -0.39 is 5.79 Å². The van der Waals surface area contributed by atoms with Crippen molar-refractivity contribution in [3.8, 4) is 0 Å². The first-order chi connectivity index (χ1) is 24.3. The number of allylic oxidation sites excluding steroid dienone is 4. The van der Waals surface area contributed by atoms with Crippen LogP contribution in [0.15, 0.2) is 24.3 Å². The molecule has 1 N–H and O–H groups in total. The van der Waals surface area contributed by atoms with Gasteiger partial charge in [-0.15, -0.1) is 0 Å². The van der Waals surface area contributed by atoms with Crippen LogP contribution in [0.1, 0.15) is 227 Å². The lowest BCUT2D eigenvalue weighted by molar-refractivity contribution is -1.08. The lowest BCUT2D eigenvalue weighted by Crippen LogP contribution is -2.52. The number of ether oxygens (including phenoxy) is 2. The second-order valence-electron chi connectivity index (χ2n) is 16.0. The average molecular weight is 707 g/mol. The number of hydrogen-bond acceptors (Lipinski definition) is 3. The monoisotopic (exact) mass is 707 g/mol. The molecular formula is C46H92NO3+. The molecule has 0 fully saturated rings. The van der Waals surface area contributed by atoms with Crippen LogP contribution in [-0.4, -0.2) is 49.5 Å². The fourth-order valence-corrected chi connectivity index (χ4v) is 7.30. The Hall–Kier alpha value is -0.680. The molecule has 0 saturated carbocycles. The van der Waals surface area contributed by atoms with Gasteiger partial charge in [0.05, 0.1) is 33.2 Å². The number of hydroxylamine groups is 3. The predicted octanol–water partition coefficient (Wildman–Crippen LogP) is 15.1. The summed E-state index contributed by atoms with van der Waals surface area (Å²) >= 11 is 0. The highest BCUT2D eigenvalue weighted by molar-refractivity contribution is 4.82. The molecule has 4 heteroatoms. The molecule has 0 aromatic carbocycles. The Balaban J connectivity index is 4.32. The van der Waals surface area contributed by atoms with E-state index in [9.17, 15) is 5.21 Å². The number of nitrogens with zero attached hydrogens (tertiary/aromatic N) is 1. The van der Waals surface area contributed by atoms with Gasteiger partial charge in [0.15, 0.2) is 5.79 Å². The first kappa shape index (κ1) is 49.3. The Labute approximate surface area is 315 Å². The van der Waals surface area contributed by atoms with Gasteiger partial charge in [-0.25, -0.2) is 5.21 Å². The highest BCUT2D eigenvalue weighted by atomic mass is 16.7. The molecule has 0 aromatic rings. The molecule has 0 amide bonds. The summed E-state index contributed by atoms with van der Waals surface area (Å²) in [5.41, 5.74) is 0. The summed E-state index contributed by atoms with van der Waals surface area (Å²) in [5.74, 6) is -0.418. The molecule has 0 radical (unpaired) electrons. The molecular weight excluding hydrogens is 615 g/mol. The predicted molar refractivity (Wildman–Crippen MR) is 221 cm³/mol. The highest BCUT2D eigenvalue weighted by Gasteiger charge is 2.42. The minimum atomic E-state index is -0.599. The summed E-state index contributed by atoms with van der Waals surface area (Å²) < 4.78 is 13.4. The lowest BCUT2D eigenvalue weighted by Gasteiger charge is -2.41. The molecule has 0 saturated heterocycles. The number of quaternary nitrogens is 1. The van der Waals surface area contributed by atoms with Crippen LogP contribution in [0.2, 0.25) is 0 Å². The minimum Gasteiger partial charge on any atom is -0.349 e. The van der Waals surface area contributed by atoms with Gasteiger partial charge in [0.1, 0.15) is 6.54 Å². The van der Waals surface area contributed by atoms with Crippen molar-refractivity contribution in [2.45, 2.75) is 233 Å². The summed E-state index contributed by atoms with van der Waals surface area (Å²) in [5, 5.41) is 10.7.